The van der Waals surface area contributed by atoms with E-state index < -0.39 is 0 Å². The second-order valence-corrected chi connectivity index (χ2v) is 8.82. The van der Waals surface area contributed by atoms with Gasteiger partial charge in [-0.25, -0.2) is 0 Å². The van der Waals surface area contributed by atoms with E-state index in [9.17, 15) is 9.59 Å². The quantitative estimate of drug-likeness (QED) is 0.756. The molecule has 1 amide bonds. The van der Waals surface area contributed by atoms with E-state index in [-0.39, 0.29) is 42.3 Å². The van der Waals surface area contributed by atoms with E-state index in [1.54, 1.807) is 10.8 Å². The highest BCUT2D eigenvalue weighted by atomic mass is 35.5. The Morgan fingerprint density at radius 3 is 2.71 bits per heavy atom. The van der Waals surface area contributed by atoms with E-state index in [0.717, 1.165) is 31.5 Å². The van der Waals surface area contributed by atoms with Crippen LogP contribution in [0.2, 0.25) is 0 Å². The number of pyridine rings is 1. The minimum absolute atomic E-state index is 0. The molecule has 8 heteroatoms. The van der Waals surface area contributed by atoms with Gasteiger partial charge in [-0.3, -0.25) is 9.59 Å². The molecule has 0 atom stereocenters. The lowest BCUT2D eigenvalue weighted by Crippen LogP contribution is -2.54. The molecule has 3 heterocycles. The van der Waals surface area contributed by atoms with Crippen molar-refractivity contribution >= 4 is 18.3 Å². The Labute approximate surface area is 187 Å². The predicted molar refractivity (Wildman–Crippen MR) is 119 cm³/mol. The van der Waals surface area contributed by atoms with Crippen LogP contribution in [0.25, 0.3) is 0 Å². The Morgan fingerprint density at radius 2 is 1.94 bits per heavy atom. The average molecular weight is 446 g/mol. The lowest BCUT2D eigenvalue weighted by Gasteiger charge is -2.50. The minimum atomic E-state index is -0.263. The van der Waals surface area contributed by atoms with Gasteiger partial charge in [0, 0.05) is 12.2 Å². The third kappa shape index (κ3) is 4.16. The summed E-state index contributed by atoms with van der Waals surface area (Å²) < 4.78 is 12.3. The first-order valence-electron chi connectivity index (χ1n) is 10.6. The lowest BCUT2D eigenvalue weighted by atomic mass is 9.60. The van der Waals surface area contributed by atoms with Gasteiger partial charge in [0.05, 0.1) is 6.54 Å². The highest BCUT2D eigenvalue weighted by Gasteiger charge is 2.45. The van der Waals surface area contributed by atoms with Crippen molar-refractivity contribution in [1.29, 1.82) is 0 Å². The summed E-state index contributed by atoms with van der Waals surface area (Å²) in [6.07, 6.45) is 6.11. The van der Waals surface area contributed by atoms with Crippen LogP contribution in [-0.2, 0) is 6.54 Å². The van der Waals surface area contributed by atoms with E-state index in [1.807, 2.05) is 31.2 Å². The monoisotopic (exact) mass is 445 g/mol. The lowest BCUT2D eigenvalue weighted by molar-refractivity contribution is 0.0422. The molecule has 0 bridgehead atoms. The van der Waals surface area contributed by atoms with Crippen LogP contribution in [0.3, 0.4) is 0 Å². The van der Waals surface area contributed by atoms with Crippen molar-refractivity contribution in [3.05, 3.63) is 57.5 Å². The molecule has 2 aromatic rings. The third-order valence-corrected chi connectivity index (χ3v) is 6.75. The number of rotatable bonds is 4. The number of aryl methyl sites for hydroxylation is 1. The number of aromatic nitrogens is 1. The van der Waals surface area contributed by atoms with Crippen LogP contribution in [0.4, 0.5) is 0 Å². The standard InChI is InChI=1S/C23H27N3O4.ClH/c1-15-4-9-26(13-16-2-3-18-19(10-16)30-14-29-18)22(28)20(15)21(27)25-17-11-23(12-17)5-7-24-8-6-23;/h2-4,9-10,17,24H,5-8,11-14H2,1H3,(H,25,27);1H. The molecule has 1 aromatic heterocycles. The van der Waals surface area contributed by atoms with Gasteiger partial charge in [0.2, 0.25) is 6.79 Å². The maximum Gasteiger partial charge on any atom is 0.263 e. The Morgan fingerprint density at radius 1 is 1.19 bits per heavy atom. The van der Waals surface area contributed by atoms with Crippen molar-refractivity contribution in [3.8, 4) is 11.5 Å². The molecular weight excluding hydrogens is 418 g/mol. The molecule has 166 valence electrons. The summed E-state index contributed by atoms with van der Waals surface area (Å²) in [6, 6.07) is 7.63. The fourth-order valence-electron chi connectivity index (χ4n) is 5.01. The molecule has 2 fully saturated rings. The van der Waals surface area contributed by atoms with Crippen LogP contribution in [0.15, 0.2) is 35.3 Å². The van der Waals surface area contributed by atoms with Crippen molar-refractivity contribution in [2.45, 2.75) is 45.2 Å². The summed E-state index contributed by atoms with van der Waals surface area (Å²) in [5.41, 5.74) is 1.98. The van der Waals surface area contributed by atoms with Gasteiger partial charge in [-0.1, -0.05) is 6.07 Å². The number of hydrogen-bond acceptors (Lipinski definition) is 5. The molecule has 0 unspecified atom stereocenters. The van der Waals surface area contributed by atoms with Gasteiger partial charge in [-0.2, -0.15) is 0 Å². The SMILES string of the molecule is Cc1ccn(Cc2ccc3c(c2)OCO3)c(=O)c1C(=O)NC1CC2(CCNCC2)C1.Cl. The molecular formula is C23H28ClN3O4. The Balaban J connectivity index is 0.00000231. The zero-order chi connectivity index (χ0) is 20.7. The molecule has 5 rings (SSSR count). The van der Waals surface area contributed by atoms with Gasteiger partial charge < -0.3 is 24.7 Å². The van der Waals surface area contributed by atoms with Crippen molar-refractivity contribution < 1.29 is 14.3 Å². The smallest absolute Gasteiger partial charge is 0.263 e. The summed E-state index contributed by atoms with van der Waals surface area (Å²) in [5.74, 6) is 1.14. The Kier molecular flexibility index (Phi) is 5.99. The fraction of sp³-hybridized carbons (Fsp3) is 0.478. The molecule has 7 nitrogen and oxygen atoms in total. The minimum Gasteiger partial charge on any atom is -0.454 e. The van der Waals surface area contributed by atoms with Crippen LogP contribution >= 0.6 is 12.4 Å². The van der Waals surface area contributed by atoms with Crippen LogP contribution in [0.1, 0.15) is 47.2 Å². The van der Waals surface area contributed by atoms with Gasteiger partial charge >= 0.3 is 0 Å². The largest absolute Gasteiger partial charge is 0.454 e. The first-order valence-corrected chi connectivity index (χ1v) is 10.6. The number of carbonyl (C=O) groups is 1. The third-order valence-electron chi connectivity index (χ3n) is 6.75. The fourth-order valence-corrected chi connectivity index (χ4v) is 5.01. The molecule has 1 saturated heterocycles. The molecule has 0 radical (unpaired) electrons. The number of benzene rings is 1. The number of nitrogens with zero attached hydrogens (tertiary/aromatic N) is 1. The molecule has 1 aliphatic carbocycles. The van der Waals surface area contributed by atoms with Gasteiger partial charge in [-0.15, -0.1) is 12.4 Å². The van der Waals surface area contributed by atoms with Crippen molar-refractivity contribution in [2.75, 3.05) is 19.9 Å². The number of piperidine rings is 1. The number of hydrogen-bond donors (Lipinski definition) is 2. The topological polar surface area (TPSA) is 81.6 Å². The van der Waals surface area contributed by atoms with Crippen LogP contribution < -0.4 is 25.7 Å². The number of halogens is 1. The maximum atomic E-state index is 13.1. The summed E-state index contributed by atoms with van der Waals surface area (Å²) in [5, 5.41) is 6.50. The van der Waals surface area contributed by atoms with Crippen molar-refractivity contribution in [1.82, 2.24) is 15.2 Å². The van der Waals surface area contributed by atoms with Crippen molar-refractivity contribution in [3.63, 3.8) is 0 Å². The van der Waals surface area contributed by atoms with Gasteiger partial charge in [0.1, 0.15) is 5.56 Å². The van der Waals surface area contributed by atoms with Gasteiger partial charge in [0.15, 0.2) is 11.5 Å². The first-order chi connectivity index (χ1) is 14.5. The van der Waals surface area contributed by atoms with Crippen LogP contribution in [0, 0.1) is 12.3 Å². The molecule has 1 aromatic carbocycles. The van der Waals surface area contributed by atoms with E-state index in [2.05, 4.69) is 10.6 Å². The van der Waals surface area contributed by atoms with E-state index in [0.29, 0.717) is 29.0 Å². The zero-order valence-electron chi connectivity index (χ0n) is 17.6. The van der Waals surface area contributed by atoms with E-state index in [4.69, 9.17) is 9.47 Å². The second kappa shape index (κ2) is 8.55. The second-order valence-electron chi connectivity index (χ2n) is 8.82. The predicted octanol–water partition coefficient (Wildman–Crippen LogP) is 2.62. The average Bonchev–Trinajstić information content (AvgIpc) is 3.18. The van der Waals surface area contributed by atoms with Gasteiger partial charge in [0.25, 0.3) is 11.5 Å². The molecule has 2 aliphatic heterocycles. The highest BCUT2D eigenvalue weighted by Crippen LogP contribution is 2.47. The van der Waals surface area contributed by atoms with Gasteiger partial charge in [-0.05, 0) is 80.4 Å². The number of ether oxygens (including phenoxy) is 2. The summed E-state index contributed by atoms with van der Waals surface area (Å²) in [6.45, 7) is 4.52. The molecule has 3 aliphatic rings. The molecule has 1 spiro atoms. The summed E-state index contributed by atoms with van der Waals surface area (Å²) in [4.78, 5) is 26.0. The summed E-state index contributed by atoms with van der Waals surface area (Å²) in [7, 11) is 0. The van der Waals surface area contributed by atoms with E-state index >= 15 is 0 Å². The maximum absolute atomic E-state index is 13.1. The highest BCUT2D eigenvalue weighted by molar-refractivity contribution is 5.95. The van der Waals surface area contributed by atoms with Crippen molar-refractivity contribution in [2.24, 2.45) is 5.41 Å². The first kappa shape index (κ1) is 21.7. The normalized spacial score (nSPS) is 18.9. The van der Waals surface area contributed by atoms with Crippen LogP contribution in [-0.4, -0.2) is 36.4 Å². The Bertz CT molecular complexity index is 1040. The molecule has 1 saturated carbocycles. The Hall–Kier alpha value is -2.51. The zero-order valence-corrected chi connectivity index (χ0v) is 18.4. The van der Waals surface area contributed by atoms with E-state index in [1.165, 1.54) is 12.8 Å². The molecule has 31 heavy (non-hydrogen) atoms. The molecule has 2 N–H and O–H groups in total. The summed E-state index contributed by atoms with van der Waals surface area (Å²) >= 11 is 0. The van der Waals surface area contributed by atoms with Crippen LogP contribution in [0.5, 0.6) is 11.5 Å². The number of fused-ring (bicyclic) bond motifs is 1. The number of amides is 1. The number of carbonyl (C=O) groups excluding carboxylic acids is 1. The number of nitrogens with one attached hydrogen (secondary N) is 2.